The Kier molecular flexibility index (Phi) is 8.42. The minimum Gasteiger partial charge on any atom is -0.507 e. The van der Waals surface area contributed by atoms with Crippen molar-refractivity contribution < 1.29 is 38.5 Å². The Balaban J connectivity index is 2.80. The molecule has 0 aliphatic heterocycles. The number of phenols is 1. The Hall–Kier alpha value is -3.30. The number of ether oxygens (including phenoxy) is 3. The summed E-state index contributed by atoms with van der Waals surface area (Å²) < 4.78 is 15.1. The van der Waals surface area contributed by atoms with Crippen LogP contribution >= 0.6 is 0 Å². The van der Waals surface area contributed by atoms with Crippen molar-refractivity contribution in [1.29, 1.82) is 0 Å². The van der Waals surface area contributed by atoms with Crippen LogP contribution < -0.4 is 11.1 Å². The van der Waals surface area contributed by atoms with Crippen molar-refractivity contribution in [3.05, 3.63) is 23.8 Å². The van der Waals surface area contributed by atoms with Crippen molar-refractivity contribution in [2.75, 3.05) is 5.73 Å². The number of carbonyl (C=O) groups excluding carboxylic acids is 4. The number of hydrogen-bond acceptors (Lipinski definition) is 9. The smallest absolute Gasteiger partial charge is 0.408 e. The number of esters is 3. The highest BCUT2D eigenvalue weighted by atomic mass is 16.6. The molecule has 0 aromatic heterocycles. The number of aromatic hydroxyl groups is 1. The Morgan fingerprint density at radius 1 is 1.03 bits per heavy atom. The van der Waals surface area contributed by atoms with Crippen LogP contribution in [-0.2, 0) is 23.8 Å². The molecule has 1 unspecified atom stereocenters. The lowest BCUT2D eigenvalue weighted by atomic mass is 10.1. The molecule has 0 bridgehead atoms. The van der Waals surface area contributed by atoms with Gasteiger partial charge in [0, 0.05) is 12.1 Å². The molecule has 1 atom stereocenters. The van der Waals surface area contributed by atoms with Gasteiger partial charge in [-0.15, -0.1) is 0 Å². The molecule has 0 spiro atoms. The average Bonchev–Trinajstić information content (AvgIpc) is 2.57. The van der Waals surface area contributed by atoms with Crippen LogP contribution in [0.15, 0.2) is 18.2 Å². The van der Waals surface area contributed by atoms with Gasteiger partial charge < -0.3 is 30.4 Å². The second-order valence-corrected chi connectivity index (χ2v) is 8.81. The molecule has 10 heteroatoms. The summed E-state index contributed by atoms with van der Waals surface area (Å²) in [6.45, 7) is 9.93. The lowest BCUT2D eigenvalue weighted by molar-refractivity contribution is -0.157. The molecule has 0 aliphatic rings. The molecule has 172 valence electrons. The van der Waals surface area contributed by atoms with E-state index < -0.39 is 53.4 Å². The fraction of sp³-hybridized carbons (Fsp3) is 0.524. The van der Waals surface area contributed by atoms with Gasteiger partial charge >= 0.3 is 24.0 Å². The van der Waals surface area contributed by atoms with Gasteiger partial charge in [0.05, 0.1) is 0 Å². The molecule has 10 nitrogen and oxygen atoms in total. The predicted molar refractivity (Wildman–Crippen MR) is 111 cm³/mol. The summed E-state index contributed by atoms with van der Waals surface area (Å²) in [6.07, 6.45) is -1.46. The lowest BCUT2D eigenvalue weighted by Crippen LogP contribution is -2.46. The first kappa shape index (κ1) is 25.7. The number of rotatable bonds is 6. The summed E-state index contributed by atoms with van der Waals surface area (Å²) in [5.74, 6) is -3.23. The summed E-state index contributed by atoms with van der Waals surface area (Å²) in [5.41, 5.74) is 3.86. The van der Waals surface area contributed by atoms with Crippen LogP contribution in [-0.4, -0.2) is 46.4 Å². The zero-order valence-corrected chi connectivity index (χ0v) is 18.6. The summed E-state index contributed by atoms with van der Waals surface area (Å²) in [4.78, 5) is 48.7. The Bertz CT molecular complexity index is 837. The summed E-state index contributed by atoms with van der Waals surface area (Å²) >= 11 is 0. The minimum atomic E-state index is -1.21. The van der Waals surface area contributed by atoms with Crippen molar-refractivity contribution in [2.45, 2.75) is 71.6 Å². The highest BCUT2D eigenvalue weighted by Gasteiger charge is 2.29. The van der Waals surface area contributed by atoms with Crippen LogP contribution in [0, 0.1) is 0 Å². The van der Waals surface area contributed by atoms with Crippen molar-refractivity contribution in [2.24, 2.45) is 0 Å². The number of nitrogens with two attached hydrogens (primary N) is 1. The van der Waals surface area contributed by atoms with Crippen LogP contribution in [0.2, 0.25) is 0 Å². The number of anilines is 1. The van der Waals surface area contributed by atoms with E-state index in [-0.39, 0.29) is 17.7 Å². The molecular formula is C21H30N2O8. The Morgan fingerprint density at radius 2 is 1.61 bits per heavy atom. The Labute approximate surface area is 181 Å². The van der Waals surface area contributed by atoms with E-state index in [1.165, 1.54) is 18.2 Å². The van der Waals surface area contributed by atoms with E-state index in [1.807, 2.05) is 0 Å². The van der Waals surface area contributed by atoms with E-state index in [2.05, 4.69) is 5.32 Å². The molecule has 4 N–H and O–H groups in total. The first-order valence-electron chi connectivity index (χ1n) is 9.63. The minimum absolute atomic E-state index is 0.198. The van der Waals surface area contributed by atoms with E-state index >= 15 is 0 Å². The molecule has 1 aromatic rings. The molecule has 1 amide bonds. The molecule has 31 heavy (non-hydrogen) atoms. The number of carbonyl (C=O) groups is 4. The topological polar surface area (TPSA) is 154 Å². The number of nitrogens with one attached hydrogen (secondary N) is 1. The number of hydrogen-bond donors (Lipinski definition) is 3. The monoisotopic (exact) mass is 438 g/mol. The number of benzene rings is 1. The van der Waals surface area contributed by atoms with E-state index in [0.717, 1.165) is 0 Å². The summed E-state index contributed by atoms with van der Waals surface area (Å²) in [7, 11) is 0. The molecule has 0 saturated heterocycles. The maximum atomic E-state index is 12.4. The molecule has 0 radical (unpaired) electrons. The van der Waals surface area contributed by atoms with Crippen LogP contribution in [0.3, 0.4) is 0 Å². The van der Waals surface area contributed by atoms with Gasteiger partial charge in [0.25, 0.3) is 0 Å². The first-order valence-corrected chi connectivity index (χ1v) is 9.63. The third-order valence-electron chi connectivity index (χ3n) is 3.47. The SMILES string of the molecule is CC(C)(C)OC(=O)NC(CCC(=O)OC(=O)c1cc(N)ccc1O)C(=O)OC(C)(C)C. The van der Waals surface area contributed by atoms with E-state index in [0.29, 0.717) is 0 Å². The molecule has 1 aromatic carbocycles. The fourth-order valence-corrected chi connectivity index (χ4v) is 2.26. The predicted octanol–water partition coefficient (Wildman–Crippen LogP) is 2.67. The number of nitrogen functional groups attached to an aromatic ring is 1. The van der Waals surface area contributed by atoms with Gasteiger partial charge in [0.2, 0.25) is 0 Å². The highest BCUT2D eigenvalue weighted by Crippen LogP contribution is 2.21. The zero-order valence-electron chi connectivity index (χ0n) is 18.6. The van der Waals surface area contributed by atoms with E-state index in [9.17, 15) is 24.3 Å². The summed E-state index contributed by atoms with van der Waals surface area (Å²) in [6, 6.07) is 2.53. The fourth-order valence-electron chi connectivity index (χ4n) is 2.26. The largest absolute Gasteiger partial charge is 0.507 e. The molecular weight excluding hydrogens is 408 g/mol. The molecule has 0 saturated carbocycles. The number of amides is 1. The van der Waals surface area contributed by atoms with Gasteiger partial charge in [-0.05, 0) is 66.2 Å². The van der Waals surface area contributed by atoms with E-state index in [4.69, 9.17) is 19.9 Å². The van der Waals surface area contributed by atoms with Crippen LogP contribution in [0.4, 0.5) is 10.5 Å². The average molecular weight is 438 g/mol. The first-order chi connectivity index (χ1) is 14.1. The van der Waals surface area contributed by atoms with Gasteiger partial charge in [-0.25, -0.2) is 14.4 Å². The highest BCUT2D eigenvalue weighted by molar-refractivity contribution is 5.99. The van der Waals surface area contributed by atoms with Gasteiger partial charge in [0.15, 0.2) is 0 Å². The standard InChI is InChI=1S/C21H30N2O8/c1-20(2,3)30-18(27)14(23-19(28)31-21(4,5)6)8-10-16(25)29-17(26)13-11-12(22)7-9-15(13)24/h7,9,11,14,24H,8,10,22H2,1-6H3,(H,23,28). The second kappa shape index (κ2) is 10.1. The van der Waals surface area contributed by atoms with Crippen molar-refractivity contribution in [3.63, 3.8) is 0 Å². The van der Waals surface area contributed by atoms with Crippen LogP contribution in [0.5, 0.6) is 5.75 Å². The summed E-state index contributed by atoms with van der Waals surface area (Å²) in [5, 5.41) is 12.1. The quantitative estimate of drug-likeness (QED) is 0.200. The molecule has 1 rings (SSSR count). The maximum absolute atomic E-state index is 12.4. The third-order valence-corrected chi connectivity index (χ3v) is 3.47. The Morgan fingerprint density at radius 3 is 2.16 bits per heavy atom. The van der Waals surface area contributed by atoms with Crippen LogP contribution in [0.1, 0.15) is 64.7 Å². The molecule has 0 heterocycles. The normalized spacial score (nSPS) is 12.5. The van der Waals surface area contributed by atoms with Crippen molar-refractivity contribution in [1.82, 2.24) is 5.32 Å². The third kappa shape index (κ3) is 9.83. The lowest BCUT2D eigenvalue weighted by Gasteiger charge is -2.26. The molecule has 0 fully saturated rings. The zero-order chi connectivity index (χ0) is 24.0. The van der Waals surface area contributed by atoms with Gasteiger partial charge in [-0.1, -0.05) is 0 Å². The van der Waals surface area contributed by atoms with Crippen molar-refractivity contribution in [3.8, 4) is 5.75 Å². The second-order valence-electron chi connectivity index (χ2n) is 8.81. The van der Waals surface area contributed by atoms with Gasteiger partial charge in [0.1, 0.15) is 28.6 Å². The molecule has 0 aliphatic carbocycles. The van der Waals surface area contributed by atoms with Crippen LogP contribution in [0.25, 0.3) is 0 Å². The van der Waals surface area contributed by atoms with Gasteiger partial charge in [-0.2, -0.15) is 0 Å². The van der Waals surface area contributed by atoms with Gasteiger partial charge in [-0.3, -0.25) is 4.79 Å². The van der Waals surface area contributed by atoms with Crippen molar-refractivity contribution >= 4 is 29.7 Å². The number of phenolic OH excluding ortho intramolecular Hbond substituents is 1. The van der Waals surface area contributed by atoms with E-state index in [1.54, 1.807) is 41.5 Å². The number of alkyl carbamates (subject to hydrolysis) is 1. The maximum Gasteiger partial charge on any atom is 0.408 e.